The molecule has 5 N–H and O–H groups in total. The van der Waals surface area contributed by atoms with Crippen molar-refractivity contribution >= 4 is 58.1 Å². The van der Waals surface area contributed by atoms with E-state index >= 15 is 0 Å². The number of anilines is 2. The number of tetrazole rings is 1. The van der Waals surface area contributed by atoms with Gasteiger partial charge in [0.25, 0.3) is 11.8 Å². The Kier molecular flexibility index (Phi) is 6.00. The number of hydrogen-bond acceptors (Lipinski definition) is 13. The van der Waals surface area contributed by atoms with Gasteiger partial charge in [-0.2, -0.15) is 4.80 Å². The highest BCUT2D eigenvalue weighted by Gasteiger charge is 2.57. The number of carboxylic acid groups (broad SMARTS) is 1. The molecule has 2 amide bonds. The lowest BCUT2D eigenvalue weighted by atomic mass is 10.0. The number of amides is 2. The fourth-order valence-electron chi connectivity index (χ4n) is 3.99. The molecule has 0 aliphatic carbocycles. The molecule has 0 radical (unpaired) electrons. The minimum absolute atomic E-state index is 0.0319. The number of β-lactam (4-membered cyclic amide) rings is 1. The highest BCUT2D eigenvalue weighted by Crippen LogP contribution is 2.44. The van der Waals surface area contributed by atoms with Crippen LogP contribution in [0.15, 0.2) is 34.8 Å². The lowest BCUT2D eigenvalue weighted by Crippen LogP contribution is -2.72. The fraction of sp³-hybridized carbons (Fsp3) is 0.200. The third-order valence-electron chi connectivity index (χ3n) is 5.61. The van der Waals surface area contributed by atoms with Crippen molar-refractivity contribution in [1.82, 2.24) is 30.1 Å². The smallest absolute Gasteiger partial charge is 0.352 e. The number of benzene rings is 1. The summed E-state index contributed by atoms with van der Waals surface area (Å²) in [4.78, 5) is 56.1. The van der Waals surface area contributed by atoms with Crippen LogP contribution in [0, 0.1) is 0 Å². The molecule has 1 fully saturated rings. The molecule has 17 heteroatoms. The largest absolute Gasteiger partial charge is 0.504 e. The van der Waals surface area contributed by atoms with E-state index in [1.165, 1.54) is 35.3 Å². The predicted molar refractivity (Wildman–Crippen MR) is 128 cm³/mol. The van der Waals surface area contributed by atoms with E-state index in [0.29, 0.717) is 11.1 Å². The first-order chi connectivity index (χ1) is 17.7. The third-order valence-corrected chi connectivity index (χ3v) is 7.60. The van der Waals surface area contributed by atoms with E-state index in [9.17, 15) is 34.5 Å². The van der Waals surface area contributed by atoms with Crippen molar-refractivity contribution in [3.05, 3.63) is 34.8 Å². The number of aromatic hydroxyl groups is 2. The number of phenols is 2. The Bertz CT molecular complexity index is 1480. The van der Waals surface area contributed by atoms with Gasteiger partial charge in [-0.25, -0.2) is 9.78 Å². The van der Waals surface area contributed by atoms with Gasteiger partial charge in [-0.3, -0.25) is 24.2 Å². The van der Waals surface area contributed by atoms with Gasteiger partial charge in [0.15, 0.2) is 16.6 Å². The molecule has 2 aliphatic rings. The molecule has 2 aliphatic heterocycles. The van der Waals surface area contributed by atoms with Crippen molar-refractivity contribution in [3.8, 4) is 22.9 Å². The number of thiazole rings is 1. The summed E-state index contributed by atoms with van der Waals surface area (Å²) >= 11 is 2.23. The maximum atomic E-state index is 13.2. The van der Waals surface area contributed by atoms with Gasteiger partial charge >= 0.3 is 5.97 Å². The molecule has 15 nitrogen and oxygen atoms in total. The minimum atomic E-state index is -1.36. The molecule has 2 atom stereocenters. The molecule has 4 heterocycles. The number of aliphatic carboxylic acids is 1. The molecule has 3 aromatic rings. The van der Waals surface area contributed by atoms with Gasteiger partial charge in [-0.05, 0) is 29.0 Å². The summed E-state index contributed by atoms with van der Waals surface area (Å²) < 4.78 is 0. The molecule has 1 aromatic carbocycles. The average Bonchev–Trinajstić information content (AvgIpc) is 3.52. The summed E-state index contributed by atoms with van der Waals surface area (Å²) in [6.07, 6.45) is 0.0557. The number of aromatic nitrogens is 5. The van der Waals surface area contributed by atoms with Crippen LogP contribution in [-0.4, -0.2) is 86.6 Å². The lowest BCUT2D eigenvalue weighted by molar-refractivity contribution is -0.149. The fourth-order valence-corrected chi connectivity index (χ4v) is 5.90. The number of fused-ring (bicyclic) bond motifs is 1. The number of thioether (sulfide) groups is 1. The molecule has 0 unspecified atom stereocenters. The van der Waals surface area contributed by atoms with Gasteiger partial charge in [-0.1, -0.05) is 0 Å². The number of carbonyl (C=O) groups excluding carboxylic acids is 3. The van der Waals surface area contributed by atoms with Gasteiger partial charge in [0.2, 0.25) is 12.1 Å². The first kappa shape index (κ1) is 24.2. The molecule has 1 saturated heterocycles. The second-order valence-electron chi connectivity index (χ2n) is 7.83. The van der Waals surface area contributed by atoms with Crippen LogP contribution in [0.2, 0.25) is 0 Å². The number of carboxylic acids is 1. The maximum absolute atomic E-state index is 13.2. The van der Waals surface area contributed by atoms with Crippen LogP contribution in [-0.2, 0) is 25.7 Å². The lowest BCUT2D eigenvalue weighted by Gasteiger charge is -2.52. The minimum Gasteiger partial charge on any atom is -0.504 e. The van der Waals surface area contributed by atoms with Crippen molar-refractivity contribution in [2.75, 3.05) is 16.4 Å². The van der Waals surface area contributed by atoms with Crippen LogP contribution >= 0.6 is 23.1 Å². The second-order valence-corrected chi connectivity index (χ2v) is 9.82. The Morgan fingerprint density at radius 3 is 2.70 bits per heavy atom. The van der Waals surface area contributed by atoms with Crippen LogP contribution in [0.25, 0.3) is 11.4 Å². The first-order valence-corrected chi connectivity index (χ1v) is 12.3. The van der Waals surface area contributed by atoms with Crippen molar-refractivity contribution in [2.45, 2.75) is 18.0 Å². The zero-order chi connectivity index (χ0) is 26.4. The van der Waals surface area contributed by atoms with Gasteiger partial charge in [0.05, 0.1) is 6.54 Å². The summed E-state index contributed by atoms with van der Waals surface area (Å²) in [5, 5.41) is 41.9. The number of aldehydes is 1. The molecule has 0 bridgehead atoms. The van der Waals surface area contributed by atoms with E-state index in [1.807, 2.05) is 0 Å². The van der Waals surface area contributed by atoms with Crippen molar-refractivity contribution in [2.24, 2.45) is 0 Å². The summed E-state index contributed by atoms with van der Waals surface area (Å²) in [6.45, 7) is -0.105. The number of rotatable bonds is 7. The van der Waals surface area contributed by atoms with Crippen LogP contribution in [0.1, 0.15) is 0 Å². The number of nitrogen functional groups attached to an aromatic ring is 1. The monoisotopic (exact) mass is 544 g/mol. The second kappa shape index (κ2) is 9.17. The van der Waals surface area contributed by atoms with Crippen LogP contribution in [0.3, 0.4) is 0 Å². The van der Waals surface area contributed by atoms with Crippen LogP contribution in [0.4, 0.5) is 10.9 Å². The molecule has 5 rings (SSSR count). The molecular weight excluding hydrogens is 528 g/mol. The highest BCUT2D eigenvalue weighted by molar-refractivity contribution is 8.00. The number of phenolic OH excluding ortho intramolecular Hbond substituents is 2. The Labute approximate surface area is 214 Å². The number of hydrogen-bond donors (Lipinski definition) is 4. The van der Waals surface area contributed by atoms with Gasteiger partial charge in [-0.15, -0.1) is 33.3 Å². The van der Waals surface area contributed by atoms with E-state index in [-0.39, 0.29) is 52.6 Å². The van der Waals surface area contributed by atoms with Crippen molar-refractivity contribution < 1.29 is 34.5 Å². The van der Waals surface area contributed by atoms with Gasteiger partial charge in [0.1, 0.15) is 22.9 Å². The normalized spacial score (nSPS) is 18.8. The number of nitrogens with zero attached hydrogens (tertiary/aromatic N) is 7. The molecule has 0 spiro atoms. The molecular formula is C20H16N8O7S2. The third kappa shape index (κ3) is 4.12. The summed E-state index contributed by atoms with van der Waals surface area (Å²) in [5.41, 5.74) is 6.06. The Morgan fingerprint density at radius 1 is 1.27 bits per heavy atom. The molecule has 190 valence electrons. The topological polar surface area (TPSA) is 218 Å². The molecule has 2 aromatic heterocycles. The van der Waals surface area contributed by atoms with E-state index in [2.05, 4.69) is 20.4 Å². The van der Waals surface area contributed by atoms with Crippen molar-refractivity contribution in [3.63, 3.8) is 0 Å². The summed E-state index contributed by atoms with van der Waals surface area (Å²) in [7, 11) is 0. The molecule has 37 heavy (non-hydrogen) atoms. The van der Waals surface area contributed by atoms with E-state index < -0.39 is 29.2 Å². The highest BCUT2D eigenvalue weighted by atomic mass is 32.2. The number of carbonyl (C=O) groups is 4. The Morgan fingerprint density at radius 2 is 2.05 bits per heavy atom. The predicted octanol–water partition coefficient (Wildman–Crippen LogP) is -0.355. The SMILES string of the molecule is Nc1nc(N(C(=O)C=O)[C@@H]2C(=O)N3C(C(=O)O)=C(Cn4nnc(-c5ccc(O)c(O)c5)n4)CS[C@H]23)cs1. The summed E-state index contributed by atoms with van der Waals surface area (Å²) in [6, 6.07) is 2.85. The van der Waals surface area contributed by atoms with Crippen molar-refractivity contribution in [1.29, 1.82) is 0 Å². The van der Waals surface area contributed by atoms with E-state index in [0.717, 1.165) is 25.9 Å². The first-order valence-electron chi connectivity index (χ1n) is 10.4. The van der Waals surface area contributed by atoms with Crippen LogP contribution in [0.5, 0.6) is 11.5 Å². The summed E-state index contributed by atoms with van der Waals surface area (Å²) in [5.74, 6) is -3.42. The van der Waals surface area contributed by atoms with Gasteiger partial charge in [0, 0.05) is 16.7 Å². The van der Waals surface area contributed by atoms with Crippen LogP contribution < -0.4 is 10.6 Å². The quantitative estimate of drug-likeness (QED) is 0.129. The van der Waals surface area contributed by atoms with Gasteiger partial charge < -0.3 is 21.1 Å². The Hall–Kier alpha value is -4.51. The standard InChI is InChI=1S/C20H16N8O7S2/c21-20-22-12(7-37-20)27(13(32)5-29)15-17(33)28-14(19(34)35)9(6-36-18(15)28)4-26-24-16(23-25-26)8-1-2-10(30)11(31)3-8/h1-3,5,7,15,18,30-31H,4,6H2,(H2,21,22)(H,34,35)/t15-,18-/m1/s1. The maximum Gasteiger partial charge on any atom is 0.352 e. The average molecular weight is 545 g/mol. The Balaban J connectivity index is 1.42. The van der Waals surface area contributed by atoms with E-state index in [1.54, 1.807) is 0 Å². The molecule has 0 saturated carbocycles. The number of nitrogens with two attached hydrogens (primary N) is 1. The van der Waals surface area contributed by atoms with E-state index in [4.69, 9.17) is 5.73 Å². The zero-order valence-corrected chi connectivity index (χ0v) is 20.1. The zero-order valence-electron chi connectivity index (χ0n) is 18.5.